The molecule has 0 aromatic heterocycles. The summed E-state index contributed by atoms with van der Waals surface area (Å²) in [5, 5.41) is 0. The average molecular weight is 436 g/mol. The van der Waals surface area contributed by atoms with Gasteiger partial charge in [0.2, 0.25) is 0 Å². The first-order valence-electron chi connectivity index (χ1n) is 11.9. The van der Waals surface area contributed by atoms with Crippen LogP contribution in [0.5, 0.6) is 0 Å². The van der Waals surface area contributed by atoms with Crippen molar-refractivity contribution in [3.63, 3.8) is 0 Å². The van der Waals surface area contributed by atoms with Gasteiger partial charge in [-0.05, 0) is 56.2 Å². The largest absolute Gasteiger partial charge is 0.457 e. The van der Waals surface area contributed by atoms with Crippen LogP contribution in [0.1, 0.15) is 48.8 Å². The third-order valence-corrected chi connectivity index (χ3v) is 7.17. The molecule has 0 bridgehead atoms. The number of piperidine rings is 2. The van der Waals surface area contributed by atoms with Crippen LogP contribution in [0.3, 0.4) is 0 Å². The van der Waals surface area contributed by atoms with E-state index in [1.165, 1.54) is 6.42 Å². The smallest absolute Gasteiger partial charge is 0.362 e. The van der Waals surface area contributed by atoms with E-state index in [0.29, 0.717) is 4.48 Å². The van der Waals surface area contributed by atoms with Gasteiger partial charge in [0.05, 0.1) is 13.1 Å². The van der Waals surface area contributed by atoms with Gasteiger partial charge in [0.15, 0.2) is 12.6 Å². The maximum absolute atomic E-state index is 13.9. The van der Waals surface area contributed by atoms with Crippen LogP contribution in [0.25, 0.3) is 0 Å². The van der Waals surface area contributed by atoms with Crippen molar-refractivity contribution in [3.05, 3.63) is 65.2 Å². The molecule has 2 aromatic rings. The van der Waals surface area contributed by atoms with Crippen LogP contribution in [-0.2, 0) is 20.9 Å². The Balaban J connectivity index is 1.54. The lowest BCUT2D eigenvalue weighted by Crippen LogP contribution is -2.66. The summed E-state index contributed by atoms with van der Waals surface area (Å²) >= 11 is 0. The SMILES string of the molecule is Cc1cccc(C)c1N1CCCC([N+]2(CC(=O)OCc3ccccc3)CCCCC2)C1=O. The van der Waals surface area contributed by atoms with Gasteiger partial charge in [-0.2, -0.15) is 0 Å². The normalized spacial score (nSPS) is 20.8. The Bertz CT molecular complexity index is 930. The van der Waals surface area contributed by atoms with Gasteiger partial charge in [-0.1, -0.05) is 48.5 Å². The molecule has 170 valence electrons. The first kappa shape index (κ1) is 22.5. The average Bonchev–Trinajstić information content (AvgIpc) is 2.80. The van der Waals surface area contributed by atoms with E-state index in [4.69, 9.17) is 4.74 Å². The van der Waals surface area contributed by atoms with Crippen LogP contribution in [0.2, 0.25) is 0 Å². The summed E-state index contributed by atoms with van der Waals surface area (Å²) in [6.45, 7) is 7.21. The highest BCUT2D eigenvalue weighted by atomic mass is 16.5. The van der Waals surface area contributed by atoms with Crippen molar-refractivity contribution in [1.29, 1.82) is 0 Å². The van der Waals surface area contributed by atoms with E-state index in [-0.39, 0.29) is 31.1 Å². The molecular formula is C27H35N2O3+. The number of likely N-dealkylation sites (tertiary alicyclic amines) is 1. The number of quaternary nitrogens is 1. The predicted molar refractivity (Wildman–Crippen MR) is 126 cm³/mol. The predicted octanol–water partition coefficient (Wildman–Crippen LogP) is 4.54. The second-order valence-electron chi connectivity index (χ2n) is 9.42. The molecule has 0 spiro atoms. The fourth-order valence-corrected chi connectivity index (χ4v) is 5.58. The minimum Gasteiger partial charge on any atom is -0.457 e. The summed E-state index contributed by atoms with van der Waals surface area (Å²) < 4.78 is 6.20. The summed E-state index contributed by atoms with van der Waals surface area (Å²) in [6.07, 6.45) is 5.08. The van der Waals surface area contributed by atoms with E-state index in [2.05, 4.69) is 26.0 Å². The topological polar surface area (TPSA) is 46.6 Å². The molecule has 0 N–H and O–H groups in total. The van der Waals surface area contributed by atoms with Crippen LogP contribution >= 0.6 is 0 Å². The molecule has 0 saturated carbocycles. The van der Waals surface area contributed by atoms with Crippen molar-refractivity contribution in [2.45, 2.75) is 58.6 Å². The van der Waals surface area contributed by atoms with E-state index in [1.807, 2.05) is 41.3 Å². The number of aryl methyl sites for hydroxylation is 2. The molecule has 2 heterocycles. The number of ether oxygens (including phenoxy) is 1. The molecule has 2 aromatic carbocycles. The van der Waals surface area contributed by atoms with Crippen molar-refractivity contribution in [2.75, 3.05) is 31.1 Å². The third kappa shape index (κ3) is 4.73. The maximum atomic E-state index is 13.9. The number of amides is 1. The van der Waals surface area contributed by atoms with E-state index >= 15 is 0 Å². The number of benzene rings is 2. The molecule has 1 unspecified atom stereocenters. The molecule has 2 aliphatic heterocycles. The summed E-state index contributed by atoms with van der Waals surface area (Å²) in [5.74, 6) is -0.0286. The zero-order valence-electron chi connectivity index (χ0n) is 19.4. The number of nitrogens with zero attached hydrogens (tertiary/aromatic N) is 2. The Hall–Kier alpha value is -2.66. The number of para-hydroxylation sites is 1. The number of carbonyl (C=O) groups is 2. The molecule has 0 radical (unpaired) electrons. The van der Waals surface area contributed by atoms with Crippen LogP contribution in [0, 0.1) is 13.8 Å². The zero-order chi connectivity index (χ0) is 22.6. The van der Waals surface area contributed by atoms with E-state index in [0.717, 1.165) is 67.7 Å². The fourth-order valence-electron chi connectivity index (χ4n) is 5.58. The van der Waals surface area contributed by atoms with Gasteiger partial charge in [-0.15, -0.1) is 0 Å². The van der Waals surface area contributed by atoms with Gasteiger partial charge >= 0.3 is 5.97 Å². The molecule has 1 atom stereocenters. The molecule has 32 heavy (non-hydrogen) atoms. The van der Waals surface area contributed by atoms with E-state index in [9.17, 15) is 9.59 Å². The van der Waals surface area contributed by atoms with E-state index in [1.54, 1.807) is 0 Å². The monoisotopic (exact) mass is 435 g/mol. The minimum absolute atomic E-state index is 0.173. The van der Waals surface area contributed by atoms with Gasteiger partial charge in [-0.3, -0.25) is 4.79 Å². The highest BCUT2D eigenvalue weighted by molar-refractivity contribution is 5.98. The Kier molecular flexibility index (Phi) is 6.95. The first-order chi connectivity index (χ1) is 15.5. The summed E-state index contributed by atoms with van der Waals surface area (Å²) in [7, 11) is 0. The Labute approximate surface area is 191 Å². The van der Waals surface area contributed by atoms with Crippen LogP contribution in [0.15, 0.2) is 48.5 Å². The number of rotatable bonds is 6. The molecule has 5 heteroatoms. The van der Waals surface area contributed by atoms with Gasteiger partial charge in [0.1, 0.15) is 6.61 Å². The molecule has 5 nitrogen and oxygen atoms in total. The van der Waals surface area contributed by atoms with Gasteiger partial charge < -0.3 is 14.1 Å². The van der Waals surface area contributed by atoms with Crippen LogP contribution < -0.4 is 4.90 Å². The van der Waals surface area contributed by atoms with E-state index < -0.39 is 0 Å². The van der Waals surface area contributed by atoms with Gasteiger partial charge in [-0.25, -0.2) is 4.79 Å². The van der Waals surface area contributed by atoms with Crippen molar-refractivity contribution in [2.24, 2.45) is 0 Å². The zero-order valence-corrected chi connectivity index (χ0v) is 19.4. The molecular weight excluding hydrogens is 400 g/mol. The molecule has 1 amide bonds. The minimum atomic E-state index is -0.201. The van der Waals surface area contributed by atoms with Crippen LogP contribution in [0.4, 0.5) is 5.69 Å². The molecule has 2 aliphatic rings. The Morgan fingerprint density at radius 2 is 1.66 bits per heavy atom. The fraction of sp³-hybridized carbons (Fsp3) is 0.481. The van der Waals surface area contributed by atoms with Gasteiger partial charge in [0.25, 0.3) is 5.91 Å². The standard InChI is InChI=1S/C27H35N2O3/c1-21-11-9-12-22(2)26(21)28-16-10-15-24(27(28)31)29(17-7-4-8-18-29)19-25(30)32-20-23-13-5-3-6-14-23/h3,5-6,9,11-14,24H,4,7-8,10,15-20H2,1-2H3/q+1. The number of hydrogen-bond acceptors (Lipinski definition) is 3. The summed E-state index contributed by atoms with van der Waals surface area (Å²) in [4.78, 5) is 28.8. The Morgan fingerprint density at radius 3 is 2.34 bits per heavy atom. The number of anilines is 1. The van der Waals surface area contributed by atoms with Crippen molar-refractivity contribution in [1.82, 2.24) is 0 Å². The van der Waals surface area contributed by atoms with Gasteiger partial charge in [0, 0.05) is 18.7 Å². The van der Waals surface area contributed by atoms with Crippen molar-refractivity contribution < 1.29 is 18.8 Å². The lowest BCUT2D eigenvalue weighted by molar-refractivity contribution is -0.940. The number of carbonyl (C=O) groups excluding carboxylic acids is 2. The lowest BCUT2D eigenvalue weighted by Gasteiger charge is -2.48. The number of hydrogen-bond donors (Lipinski definition) is 0. The number of esters is 1. The summed E-state index contributed by atoms with van der Waals surface area (Å²) in [6, 6.07) is 15.8. The van der Waals surface area contributed by atoms with Crippen LogP contribution in [-0.4, -0.2) is 48.6 Å². The lowest BCUT2D eigenvalue weighted by atomic mass is 9.94. The molecule has 2 saturated heterocycles. The second-order valence-corrected chi connectivity index (χ2v) is 9.42. The quantitative estimate of drug-likeness (QED) is 0.494. The molecule has 4 rings (SSSR count). The second kappa shape index (κ2) is 9.86. The highest BCUT2D eigenvalue weighted by Crippen LogP contribution is 2.34. The van der Waals surface area contributed by atoms with Crippen molar-refractivity contribution in [3.8, 4) is 0 Å². The summed E-state index contributed by atoms with van der Waals surface area (Å²) in [5.41, 5.74) is 4.29. The maximum Gasteiger partial charge on any atom is 0.362 e. The molecule has 0 aliphatic carbocycles. The first-order valence-corrected chi connectivity index (χ1v) is 11.9. The molecule has 2 fully saturated rings. The Morgan fingerprint density at radius 1 is 0.969 bits per heavy atom. The van der Waals surface area contributed by atoms with Crippen molar-refractivity contribution >= 4 is 17.6 Å². The highest BCUT2D eigenvalue weighted by Gasteiger charge is 2.48. The third-order valence-electron chi connectivity index (χ3n) is 7.17.